The van der Waals surface area contributed by atoms with Crippen LogP contribution in [0.2, 0.25) is 10.0 Å². The van der Waals surface area contributed by atoms with E-state index in [-0.39, 0.29) is 24.2 Å². The minimum absolute atomic E-state index is 0.106. The average Bonchev–Trinajstić information content (AvgIpc) is 2.96. The molecule has 144 valence electrons. The Labute approximate surface area is 173 Å². The summed E-state index contributed by atoms with van der Waals surface area (Å²) in [7, 11) is 0. The Morgan fingerprint density at radius 1 is 1.11 bits per heavy atom. The quantitative estimate of drug-likeness (QED) is 0.734. The van der Waals surface area contributed by atoms with Crippen molar-refractivity contribution < 1.29 is 4.74 Å². The predicted octanol–water partition coefficient (Wildman–Crippen LogP) is 4.56. The van der Waals surface area contributed by atoms with E-state index in [1.54, 1.807) is 35.0 Å². The van der Waals surface area contributed by atoms with E-state index in [1.807, 2.05) is 23.2 Å². The maximum absolute atomic E-state index is 12.3. The molecule has 1 aromatic heterocycles. The van der Waals surface area contributed by atoms with Gasteiger partial charge in [0.1, 0.15) is 6.61 Å². The number of hydrogen-bond donors (Lipinski definition) is 0. The summed E-state index contributed by atoms with van der Waals surface area (Å²) in [5, 5.41) is 1.09. The number of pyridine rings is 1. The number of rotatable bonds is 4. The summed E-state index contributed by atoms with van der Waals surface area (Å²) in [6.07, 6.45) is 5.50. The normalized spacial score (nSPS) is 21.0. The molecule has 2 atom stereocenters. The zero-order valence-corrected chi connectivity index (χ0v) is 17.0. The van der Waals surface area contributed by atoms with Crippen molar-refractivity contribution in [1.29, 1.82) is 0 Å². The molecule has 0 spiro atoms. The van der Waals surface area contributed by atoms with Crippen LogP contribution < -0.4 is 5.56 Å². The van der Waals surface area contributed by atoms with Crippen molar-refractivity contribution in [1.82, 2.24) is 9.47 Å². The highest BCUT2D eigenvalue weighted by Gasteiger charge is 2.34. The van der Waals surface area contributed by atoms with Gasteiger partial charge in [0.15, 0.2) is 11.6 Å². The zero-order chi connectivity index (χ0) is 19.8. The molecule has 0 saturated heterocycles. The lowest BCUT2D eigenvalue weighted by atomic mass is 10.1. The second kappa shape index (κ2) is 7.49. The molecule has 0 saturated carbocycles. The molecule has 0 radical (unpaired) electrons. The molecule has 1 aromatic carbocycles. The first-order chi connectivity index (χ1) is 13.5. The molecule has 4 rings (SSSR count). The molecule has 2 aromatic rings. The van der Waals surface area contributed by atoms with E-state index in [9.17, 15) is 4.79 Å². The number of amidine groups is 1. The molecule has 2 unspecified atom stereocenters. The van der Waals surface area contributed by atoms with Crippen molar-refractivity contribution in [2.45, 2.75) is 32.5 Å². The maximum atomic E-state index is 12.3. The van der Waals surface area contributed by atoms with Gasteiger partial charge < -0.3 is 9.64 Å². The van der Waals surface area contributed by atoms with Crippen molar-refractivity contribution in [2.24, 2.45) is 4.99 Å². The molecule has 28 heavy (non-hydrogen) atoms. The lowest BCUT2D eigenvalue weighted by Crippen LogP contribution is -2.36. The highest BCUT2D eigenvalue weighted by molar-refractivity contribution is 6.35. The van der Waals surface area contributed by atoms with Gasteiger partial charge in [0.05, 0.1) is 17.8 Å². The monoisotopic (exact) mass is 415 g/mol. The van der Waals surface area contributed by atoms with Crippen LogP contribution in [0.3, 0.4) is 0 Å². The molecule has 7 heteroatoms. The Bertz CT molecular complexity index is 1050. The number of hydrogen-bond acceptors (Lipinski definition) is 4. The van der Waals surface area contributed by atoms with Crippen molar-refractivity contribution >= 4 is 34.7 Å². The second-order valence-corrected chi connectivity index (χ2v) is 7.62. The van der Waals surface area contributed by atoms with Crippen LogP contribution in [0.15, 0.2) is 70.4 Å². The molecular formula is C21H19Cl2N3O2. The maximum Gasteiger partial charge on any atom is 0.255 e. The fraction of sp³-hybridized carbons (Fsp3) is 0.238. The smallest absolute Gasteiger partial charge is 0.255 e. The Morgan fingerprint density at radius 3 is 2.57 bits per heavy atom. The van der Waals surface area contributed by atoms with Crippen molar-refractivity contribution in [2.75, 3.05) is 0 Å². The lowest BCUT2D eigenvalue weighted by Gasteiger charge is -2.28. The van der Waals surface area contributed by atoms with Gasteiger partial charge in [-0.3, -0.25) is 14.4 Å². The Morgan fingerprint density at radius 2 is 1.86 bits per heavy atom. The zero-order valence-electron chi connectivity index (χ0n) is 15.5. The first kappa shape index (κ1) is 18.8. The number of allylic oxidation sites excluding steroid dienone is 2. The fourth-order valence-electron chi connectivity index (χ4n) is 3.24. The van der Waals surface area contributed by atoms with E-state index in [0.717, 1.165) is 5.84 Å². The van der Waals surface area contributed by atoms with Crippen LogP contribution >= 0.6 is 23.2 Å². The third-order valence-electron chi connectivity index (χ3n) is 5.01. The number of nitrogens with zero attached hydrogens (tertiary/aromatic N) is 3. The number of benzene rings is 1. The second-order valence-electron chi connectivity index (χ2n) is 6.80. The van der Waals surface area contributed by atoms with Crippen LogP contribution in [0.1, 0.15) is 19.4 Å². The third kappa shape index (κ3) is 3.36. The molecule has 0 bridgehead atoms. The van der Waals surface area contributed by atoms with Gasteiger partial charge in [0.2, 0.25) is 0 Å². The van der Waals surface area contributed by atoms with E-state index in [2.05, 4.69) is 13.8 Å². The molecule has 0 fully saturated rings. The van der Waals surface area contributed by atoms with E-state index >= 15 is 0 Å². The van der Waals surface area contributed by atoms with Gasteiger partial charge >= 0.3 is 0 Å². The van der Waals surface area contributed by atoms with Gasteiger partial charge in [-0.05, 0) is 32.0 Å². The molecule has 0 aliphatic carbocycles. The highest BCUT2D eigenvalue weighted by Crippen LogP contribution is 2.31. The Kier molecular flexibility index (Phi) is 5.04. The van der Waals surface area contributed by atoms with E-state index < -0.39 is 0 Å². The summed E-state index contributed by atoms with van der Waals surface area (Å²) in [4.78, 5) is 19.1. The van der Waals surface area contributed by atoms with Crippen molar-refractivity contribution in [3.8, 4) is 0 Å². The lowest BCUT2D eigenvalue weighted by molar-refractivity contribution is 0.211. The van der Waals surface area contributed by atoms with Gasteiger partial charge in [-0.25, -0.2) is 0 Å². The van der Waals surface area contributed by atoms with E-state index in [4.69, 9.17) is 32.9 Å². The highest BCUT2D eigenvalue weighted by atomic mass is 35.5. The number of ether oxygens (including phenoxy) is 1. The fourth-order valence-corrected chi connectivity index (χ4v) is 3.75. The van der Waals surface area contributed by atoms with Crippen LogP contribution in [-0.4, -0.2) is 27.4 Å². The number of fused-ring (bicyclic) bond motifs is 1. The van der Waals surface area contributed by atoms with Crippen LogP contribution in [0.25, 0.3) is 5.70 Å². The summed E-state index contributed by atoms with van der Waals surface area (Å²) in [6.45, 7) is 4.36. The van der Waals surface area contributed by atoms with Crippen LogP contribution in [0.4, 0.5) is 0 Å². The molecule has 2 aliphatic rings. The topological polar surface area (TPSA) is 46.8 Å². The van der Waals surface area contributed by atoms with Crippen molar-refractivity contribution in [3.63, 3.8) is 0 Å². The third-order valence-corrected chi connectivity index (χ3v) is 5.72. The Hall–Kier alpha value is -2.50. The molecule has 0 amide bonds. The Balaban J connectivity index is 1.71. The minimum Gasteiger partial charge on any atom is -0.485 e. The van der Waals surface area contributed by atoms with Gasteiger partial charge in [0.25, 0.3) is 5.56 Å². The van der Waals surface area contributed by atoms with Gasteiger partial charge in [-0.1, -0.05) is 35.3 Å². The number of halogens is 2. The largest absolute Gasteiger partial charge is 0.485 e. The molecule has 0 N–H and O–H groups in total. The van der Waals surface area contributed by atoms with E-state index in [1.165, 1.54) is 6.07 Å². The standard InChI is InChI=1S/C21H19Cl2N3O2/c1-13-14(2)26-11-15(25-9-4-3-8-20(25)27)10-19(21(26)24-13)28-12-16-17(22)6-5-7-18(16)23/h3-11,13-14H,12H2,1-2H3. The summed E-state index contributed by atoms with van der Waals surface area (Å²) < 4.78 is 7.68. The average molecular weight is 416 g/mol. The number of aromatic nitrogens is 1. The molecule has 2 aliphatic heterocycles. The molecular weight excluding hydrogens is 397 g/mol. The van der Waals surface area contributed by atoms with Crippen LogP contribution in [-0.2, 0) is 11.3 Å². The predicted molar refractivity (Wildman–Crippen MR) is 113 cm³/mol. The van der Waals surface area contributed by atoms with E-state index in [0.29, 0.717) is 27.1 Å². The van der Waals surface area contributed by atoms with Crippen LogP contribution in [0.5, 0.6) is 0 Å². The van der Waals surface area contributed by atoms with Gasteiger partial charge in [-0.2, -0.15) is 0 Å². The SMILES string of the molecule is CC1N=C2C(OCc3c(Cl)cccc3Cl)=CC(n3ccccc3=O)=CN2C1C. The van der Waals surface area contributed by atoms with Crippen LogP contribution in [0, 0.1) is 0 Å². The molecule has 3 heterocycles. The molecule has 5 nitrogen and oxygen atoms in total. The van der Waals surface area contributed by atoms with Gasteiger partial charge in [-0.15, -0.1) is 0 Å². The first-order valence-corrected chi connectivity index (χ1v) is 9.75. The first-order valence-electron chi connectivity index (χ1n) is 8.99. The van der Waals surface area contributed by atoms with Gasteiger partial charge in [0, 0.05) is 40.1 Å². The number of aliphatic imine (C=N–C) groups is 1. The summed E-state index contributed by atoms with van der Waals surface area (Å²) in [5.74, 6) is 1.33. The summed E-state index contributed by atoms with van der Waals surface area (Å²) >= 11 is 12.5. The summed E-state index contributed by atoms with van der Waals surface area (Å²) in [6, 6.07) is 10.7. The summed E-state index contributed by atoms with van der Waals surface area (Å²) in [5.41, 5.74) is 1.32. The minimum atomic E-state index is -0.112. The van der Waals surface area contributed by atoms with Crippen molar-refractivity contribution in [3.05, 3.63) is 86.6 Å².